The van der Waals surface area contributed by atoms with E-state index in [2.05, 4.69) is 17.6 Å². The normalized spacial score (nSPS) is 17.9. The van der Waals surface area contributed by atoms with E-state index in [1.54, 1.807) is 0 Å². The molecule has 4 heteroatoms. The Morgan fingerprint density at radius 2 is 2.25 bits per heavy atom. The molecule has 0 aliphatic carbocycles. The Labute approximate surface area is 98.1 Å². The molecular formula is C12H24N2O2. The van der Waals surface area contributed by atoms with Crippen molar-refractivity contribution in [3.8, 4) is 0 Å². The highest BCUT2D eigenvalue weighted by molar-refractivity contribution is 5.78. The lowest BCUT2D eigenvalue weighted by Gasteiger charge is -2.31. The first-order valence-electron chi connectivity index (χ1n) is 6.32. The maximum absolute atomic E-state index is 11.7. The molecule has 0 saturated carbocycles. The van der Waals surface area contributed by atoms with Crippen molar-refractivity contribution in [1.82, 2.24) is 10.6 Å². The summed E-state index contributed by atoms with van der Waals surface area (Å²) >= 11 is 0. The van der Waals surface area contributed by atoms with E-state index in [1.807, 2.05) is 6.92 Å². The molecule has 1 aliphatic rings. The van der Waals surface area contributed by atoms with Crippen LogP contribution in [0.5, 0.6) is 0 Å². The predicted molar refractivity (Wildman–Crippen MR) is 64.3 cm³/mol. The summed E-state index contributed by atoms with van der Waals surface area (Å²) in [5.74, 6) is 0.844. The van der Waals surface area contributed by atoms with Crippen molar-refractivity contribution in [2.75, 3.05) is 32.8 Å². The topological polar surface area (TPSA) is 50.4 Å². The molecule has 1 heterocycles. The van der Waals surface area contributed by atoms with Crippen LogP contribution in [-0.4, -0.2) is 38.8 Å². The number of hydrogen-bond donors (Lipinski definition) is 2. The van der Waals surface area contributed by atoms with Crippen molar-refractivity contribution >= 4 is 5.91 Å². The Morgan fingerprint density at radius 1 is 1.50 bits per heavy atom. The third-order valence-corrected chi connectivity index (χ3v) is 3.05. The number of carbonyl (C=O) groups is 1. The third kappa shape index (κ3) is 4.49. The molecule has 1 unspecified atom stereocenters. The molecule has 0 bridgehead atoms. The third-order valence-electron chi connectivity index (χ3n) is 3.05. The Morgan fingerprint density at radius 3 is 2.81 bits per heavy atom. The molecule has 0 aromatic rings. The molecule has 1 atom stereocenters. The monoisotopic (exact) mass is 228 g/mol. The van der Waals surface area contributed by atoms with Crippen molar-refractivity contribution in [1.29, 1.82) is 0 Å². The molecule has 1 saturated heterocycles. The summed E-state index contributed by atoms with van der Waals surface area (Å²) in [6.45, 7) is 8.35. The molecule has 16 heavy (non-hydrogen) atoms. The van der Waals surface area contributed by atoms with E-state index in [-0.39, 0.29) is 11.8 Å². The van der Waals surface area contributed by atoms with E-state index in [1.165, 1.54) is 0 Å². The fraction of sp³-hybridized carbons (Fsp3) is 0.917. The first-order valence-corrected chi connectivity index (χ1v) is 6.32. The minimum absolute atomic E-state index is 0.137. The molecule has 0 aromatic heterocycles. The first kappa shape index (κ1) is 13.5. The van der Waals surface area contributed by atoms with Crippen molar-refractivity contribution < 1.29 is 9.53 Å². The van der Waals surface area contributed by atoms with E-state index < -0.39 is 0 Å². The summed E-state index contributed by atoms with van der Waals surface area (Å²) in [6.07, 6.45) is 1.96. The molecular weight excluding hydrogens is 204 g/mol. The second-order valence-electron chi connectivity index (χ2n) is 4.46. The molecule has 0 spiro atoms. The van der Waals surface area contributed by atoms with Gasteiger partial charge >= 0.3 is 0 Å². The van der Waals surface area contributed by atoms with Crippen molar-refractivity contribution in [2.45, 2.75) is 26.7 Å². The van der Waals surface area contributed by atoms with Gasteiger partial charge in [0, 0.05) is 25.7 Å². The maximum atomic E-state index is 11.7. The number of ether oxygens (including phenoxy) is 1. The molecule has 1 rings (SSSR count). The van der Waals surface area contributed by atoms with Crippen molar-refractivity contribution in [2.24, 2.45) is 11.8 Å². The van der Waals surface area contributed by atoms with Crippen LogP contribution in [0.25, 0.3) is 0 Å². The van der Waals surface area contributed by atoms with Crippen LogP contribution in [0.2, 0.25) is 0 Å². The second-order valence-corrected chi connectivity index (χ2v) is 4.46. The first-order chi connectivity index (χ1) is 7.75. The van der Waals surface area contributed by atoms with Crippen LogP contribution in [0.1, 0.15) is 26.7 Å². The van der Waals surface area contributed by atoms with Gasteiger partial charge in [0.1, 0.15) is 0 Å². The zero-order valence-electron chi connectivity index (χ0n) is 10.4. The number of amides is 1. The number of rotatable bonds is 8. The smallest absolute Gasteiger partial charge is 0.223 e. The average molecular weight is 228 g/mol. The van der Waals surface area contributed by atoms with E-state index in [0.29, 0.717) is 5.92 Å². The van der Waals surface area contributed by atoms with Gasteiger partial charge in [0.05, 0.1) is 0 Å². The SMILES string of the molecule is CCCOCCCNC(=O)C(C)C1CNC1. The van der Waals surface area contributed by atoms with Gasteiger partial charge in [-0.2, -0.15) is 0 Å². The fourth-order valence-electron chi connectivity index (χ4n) is 1.67. The van der Waals surface area contributed by atoms with Crippen LogP contribution in [0.3, 0.4) is 0 Å². The molecule has 4 nitrogen and oxygen atoms in total. The van der Waals surface area contributed by atoms with Gasteiger partial charge in [-0.15, -0.1) is 0 Å². The van der Waals surface area contributed by atoms with E-state index in [9.17, 15) is 4.79 Å². The van der Waals surface area contributed by atoms with Crippen LogP contribution in [0.15, 0.2) is 0 Å². The van der Waals surface area contributed by atoms with Gasteiger partial charge in [0.25, 0.3) is 0 Å². The Bertz CT molecular complexity index is 205. The average Bonchev–Trinajstić information content (AvgIpc) is 2.20. The zero-order chi connectivity index (χ0) is 11.8. The highest BCUT2D eigenvalue weighted by Gasteiger charge is 2.28. The van der Waals surface area contributed by atoms with Gasteiger partial charge in [-0.05, 0) is 31.8 Å². The minimum Gasteiger partial charge on any atom is -0.381 e. The lowest BCUT2D eigenvalue weighted by Crippen LogP contribution is -2.49. The van der Waals surface area contributed by atoms with Crippen LogP contribution >= 0.6 is 0 Å². The number of nitrogens with one attached hydrogen (secondary N) is 2. The van der Waals surface area contributed by atoms with Gasteiger partial charge in [-0.3, -0.25) is 4.79 Å². The van der Waals surface area contributed by atoms with E-state index >= 15 is 0 Å². The molecule has 1 amide bonds. The summed E-state index contributed by atoms with van der Waals surface area (Å²) in [6, 6.07) is 0. The quantitative estimate of drug-likeness (QED) is 0.603. The van der Waals surface area contributed by atoms with Gasteiger partial charge in [-0.1, -0.05) is 13.8 Å². The Hall–Kier alpha value is -0.610. The minimum atomic E-state index is 0.137. The molecule has 2 N–H and O–H groups in total. The summed E-state index contributed by atoms with van der Waals surface area (Å²) in [4.78, 5) is 11.7. The lowest BCUT2D eigenvalue weighted by molar-refractivity contribution is -0.126. The standard InChI is InChI=1S/C12H24N2O2/c1-3-6-16-7-4-5-14-12(15)10(2)11-8-13-9-11/h10-11,13H,3-9H2,1-2H3,(H,14,15). The number of carbonyl (C=O) groups excluding carboxylic acids is 1. The van der Waals surface area contributed by atoms with E-state index in [4.69, 9.17) is 4.74 Å². The molecule has 0 radical (unpaired) electrons. The molecule has 1 aliphatic heterocycles. The van der Waals surface area contributed by atoms with Gasteiger partial charge in [-0.25, -0.2) is 0 Å². The predicted octanol–water partition coefficient (Wildman–Crippen LogP) is 0.775. The largest absolute Gasteiger partial charge is 0.381 e. The van der Waals surface area contributed by atoms with Crippen LogP contribution in [-0.2, 0) is 9.53 Å². The van der Waals surface area contributed by atoms with Gasteiger partial charge in [0.15, 0.2) is 0 Å². The molecule has 94 valence electrons. The van der Waals surface area contributed by atoms with Crippen molar-refractivity contribution in [3.05, 3.63) is 0 Å². The second kappa shape index (κ2) is 7.63. The summed E-state index contributed by atoms with van der Waals surface area (Å²) in [5.41, 5.74) is 0. The zero-order valence-corrected chi connectivity index (χ0v) is 10.4. The maximum Gasteiger partial charge on any atom is 0.223 e. The van der Waals surface area contributed by atoms with E-state index in [0.717, 1.165) is 45.7 Å². The highest BCUT2D eigenvalue weighted by Crippen LogP contribution is 2.15. The van der Waals surface area contributed by atoms with Crippen LogP contribution in [0, 0.1) is 11.8 Å². The highest BCUT2D eigenvalue weighted by atomic mass is 16.5. The fourth-order valence-corrected chi connectivity index (χ4v) is 1.67. The lowest BCUT2D eigenvalue weighted by atomic mass is 9.88. The van der Waals surface area contributed by atoms with Gasteiger partial charge in [0.2, 0.25) is 5.91 Å². The Balaban J connectivity index is 1.97. The van der Waals surface area contributed by atoms with Crippen LogP contribution in [0.4, 0.5) is 0 Å². The van der Waals surface area contributed by atoms with Crippen LogP contribution < -0.4 is 10.6 Å². The molecule has 0 aromatic carbocycles. The van der Waals surface area contributed by atoms with Crippen molar-refractivity contribution in [3.63, 3.8) is 0 Å². The summed E-state index contributed by atoms with van der Waals surface area (Å²) < 4.78 is 5.34. The molecule has 1 fully saturated rings. The Kier molecular flexibility index (Phi) is 6.42. The number of hydrogen-bond acceptors (Lipinski definition) is 3. The summed E-state index contributed by atoms with van der Waals surface area (Å²) in [5, 5.41) is 6.15. The van der Waals surface area contributed by atoms with Gasteiger partial charge < -0.3 is 15.4 Å². The summed E-state index contributed by atoms with van der Waals surface area (Å²) in [7, 11) is 0.